The van der Waals surface area contributed by atoms with Gasteiger partial charge in [-0.25, -0.2) is 0 Å². The van der Waals surface area contributed by atoms with Crippen LogP contribution in [-0.4, -0.2) is 45.3 Å². The van der Waals surface area contributed by atoms with Crippen LogP contribution in [-0.2, 0) is 6.42 Å². The molecule has 3 aromatic rings. The molecule has 6 nitrogen and oxygen atoms in total. The predicted molar refractivity (Wildman–Crippen MR) is 127 cm³/mol. The number of methoxy groups -OCH3 is 3. The summed E-state index contributed by atoms with van der Waals surface area (Å²) in [5.41, 5.74) is 2.62. The fourth-order valence-corrected chi connectivity index (χ4v) is 4.28. The van der Waals surface area contributed by atoms with Crippen molar-refractivity contribution in [2.75, 3.05) is 34.5 Å². The molecule has 172 valence electrons. The lowest BCUT2D eigenvalue weighted by molar-refractivity contribution is 0.0589. The van der Waals surface area contributed by atoms with Crippen LogP contribution in [0, 0.1) is 0 Å². The minimum absolute atomic E-state index is 0.0961. The van der Waals surface area contributed by atoms with Crippen LogP contribution in [0.5, 0.6) is 23.0 Å². The molecule has 1 aliphatic rings. The van der Waals surface area contributed by atoms with Crippen molar-refractivity contribution in [2.45, 2.75) is 12.5 Å². The molecule has 0 fully saturated rings. The lowest BCUT2D eigenvalue weighted by Crippen LogP contribution is -2.42. The summed E-state index contributed by atoms with van der Waals surface area (Å²) in [6.45, 7) is 0.825. The van der Waals surface area contributed by atoms with Crippen molar-refractivity contribution < 1.29 is 23.7 Å². The molecular weight excluding hydrogens is 442 g/mol. The lowest BCUT2D eigenvalue weighted by Gasteiger charge is -2.37. The SMILES string of the molecule is COc1ccc(OCC2c3cc(OC)c(OC)cc3CCN2C(=O)c2cccc(Cl)c2)cc1. The van der Waals surface area contributed by atoms with Crippen LogP contribution >= 0.6 is 11.6 Å². The summed E-state index contributed by atoms with van der Waals surface area (Å²) < 4.78 is 22.4. The van der Waals surface area contributed by atoms with Crippen LogP contribution < -0.4 is 18.9 Å². The number of nitrogens with zero attached hydrogens (tertiary/aromatic N) is 1. The van der Waals surface area contributed by atoms with Crippen molar-refractivity contribution >= 4 is 17.5 Å². The molecular formula is C26H26ClNO5. The molecule has 1 unspecified atom stereocenters. The molecule has 7 heteroatoms. The molecule has 0 bridgehead atoms. The van der Waals surface area contributed by atoms with E-state index in [1.807, 2.05) is 41.3 Å². The highest BCUT2D eigenvalue weighted by Gasteiger charge is 2.33. The number of fused-ring (bicyclic) bond motifs is 1. The summed E-state index contributed by atoms with van der Waals surface area (Å²) >= 11 is 6.15. The second kappa shape index (κ2) is 10.0. The molecule has 0 aromatic heterocycles. The fourth-order valence-electron chi connectivity index (χ4n) is 4.09. The highest BCUT2D eigenvalue weighted by atomic mass is 35.5. The Balaban J connectivity index is 1.69. The molecule has 0 spiro atoms. The van der Waals surface area contributed by atoms with Crippen LogP contribution in [0.25, 0.3) is 0 Å². The number of benzene rings is 3. The second-order valence-electron chi connectivity index (χ2n) is 7.67. The Morgan fingerprint density at radius 3 is 2.30 bits per heavy atom. The van der Waals surface area contributed by atoms with E-state index in [9.17, 15) is 4.79 Å². The molecule has 1 atom stereocenters. The standard InChI is InChI=1S/C26H26ClNO5/c1-30-20-7-9-21(10-8-20)33-16-23-22-15-25(32-3)24(31-2)14-17(22)11-12-28(23)26(29)18-5-4-6-19(27)13-18/h4-10,13-15,23H,11-12,16H2,1-3H3. The summed E-state index contributed by atoms with van der Waals surface area (Å²) in [7, 11) is 4.84. The third kappa shape index (κ3) is 4.86. The third-order valence-electron chi connectivity index (χ3n) is 5.80. The maximum absolute atomic E-state index is 13.5. The minimum Gasteiger partial charge on any atom is -0.497 e. The van der Waals surface area contributed by atoms with E-state index in [-0.39, 0.29) is 18.6 Å². The zero-order chi connectivity index (χ0) is 23.4. The number of carbonyl (C=O) groups excluding carboxylic acids is 1. The smallest absolute Gasteiger partial charge is 0.254 e. The molecule has 1 heterocycles. The molecule has 0 radical (unpaired) electrons. The Morgan fingerprint density at radius 1 is 0.939 bits per heavy atom. The molecule has 4 rings (SSSR count). The van der Waals surface area contributed by atoms with Crippen molar-refractivity contribution in [3.8, 4) is 23.0 Å². The quantitative estimate of drug-likeness (QED) is 0.479. The number of halogens is 1. The summed E-state index contributed by atoms with van der Waals surface area (Å²) in [6.07, 6.45) is 0.695. The van der Waals surface area contributed by atoms with Gasteiger partial charge >= 0.3 is 0 Å². The van der Waals surface area contributed by atoms with Crippen molar-refractivity contribution in [1.82, 2.24) is 4.90 Å². The van der Waals surface area contributed by atoms with Gasteiger partial charge in [-0.2, -0.15) is 0 Å². The molecule has 0 aliphatic carbocycles. The van der Waals surface area contributed by atoms with E-state index in [2.05, 4.69) is 0 Å². The van der Waals surface area contributed by atoms with Gasteiger partial charge in [0.25, 0.3) is 5.91 Å². The molecule has 0 saturated carbocycles. The fraction of sp³-hybridized carbons (Fsp3) is 0.269. The first kappa shape index (κ1) is 22.8. The first-order valence-corrected chi connectivity index (χ1v) is 11.0. The van der Waals surface area contributed by atoms with Gasteiger partial charge in [-0.1, -0.05) is 17.7 Å². The first-order chi connectivity index (χ1) is 16.0. The van der Waals surface area contributed by atoms with E-state index < -0.39 is 0 Å². The van der Waals surface area contributed by atoms with Crippen molar-refractivity contribution in [1.29, 1.82) is 0 Å². The van der Waals surface area contributed by atoms with Crippen molar-refractivity contribution in [3.05, 3.63) is 82.4 Å². The number of hydrogen-bond acceptors (Lipinski definition) is 5. The van der Waals surface area contributed by atoms with Crippen LogP contribution in [0.3, 0.4) is 0 Å². The van der Waals surface area contributed by atoms with E-state index in [1.165, 1.54) is 0 Å². The van der Waals surface area contributed by atoms with E-state index in [0.717, 1.165) is 16.9 Å². The third-order valence-corrected chi connectivity index (χ3v) is 6.04. The number of carbonyl (C=O) groups is 1. The van der Waals surface area contributed by atoms with E-state index in [0.29, 0.717) is 40.8 Å². The predicted octanol–water partition coefficient (Wildman–Crippen LogP) is 5.18. The molecule has 1 aliphatic heterocycles. The Morgan fingerprint density at radius 2 is 1.64 bits per heavy atom. The Bertz CT molecular complexity index is 1130. The number of hydrogen-bond donors (Lipinski definition) is 0. The van der Waals surface area contributed by atoms with Gasteiger partial charge in [-0.3, -0.25) is 4.79 Å². The van der Waals surface area contributed by atoms with Gasteiger partial charge in [0.05, 0.1) is 27.4 Å². The van der Waals surface area contributed by atoms with Gasteiger partial charge in [-0.15, -0.1) is 0 Å². The van der Waals surface area contributed by atoms with Crippen molar-refractivity contribution in [3.63, 3.8) is 0 Å². The van der Waals surface area contributed by atoms with Gasteiger partial charge in [0.1, 0.15) is 18.1 Å². The average Bonchev–Trinajstić information content (AvgIpc) is 2.86. The molecule has 0 N–H and O–H groups in total. The van der Waals surface area contributed by atoms with Crippen molar-refractivity contribution in [2.24, 2.45) is 0 Å². The summed E-state index contributed by atoms with van der Waals surface area (Å²) in [4.78, 5) is 15.3. The number of ether oxygens (including phenoxy) is 4. The molecule has 33 heavy (non-hydrogen) atoms. The zero-order valence-corrected chi connectivity index (χ0v) is 19.6. The van der Waals surface area contributed by atoms with Crippen LogP contribution in [0.2, 0.25) is 5.02 Å². The number of amides is 1. The van der Waals surface area contributed by atoms with E-state index in [4.69, 9.17) is 30.5 Å². The summed E-state index contributed by atoms with van der Waals surface area (Å²) in [5, 5.41) is 0.524. The number of rotatable bonds is 7. The average molecular weight is 468 g/mol. The van der Waals surface area contributed by atoms with Gasteiger partial charge in [0.2, 0.25) is 0 Å². The largest absolute Gasteiger partial charge is 0.497 e. The first-order valence-electron chi connectivity index (χ1n) is 10.6. The van der Waals surface area contributed by atoms with Gasteiger partial charge in [-0.05, 0) is 72.1 Å². The van der Waals surface area contributed by atoms with Crippen LogP contribution in [0.1, 0.15) is 27.5 Å². The van der Waals surface area contributed by atoms with E-state index >= 15 is 0 Å². The topological polar surface area (TPSA) is 57.2 Å². The second-order valence-corrected chi connectivity index (χ2v) is 8.10. The highest BCUT2D eigenvalue weighted by Crippen LogP contribution is 2.39. The molecule has 3 aromatic carbocycles. The maximum Gasteiger partial charge on any atom is 0.254 e. The Labute approximate surface area is 198 Å². The Hall–Kier alpha value is -3.38. The van der Waals surface area contributed by atoms with Crippen LogP contribution in [0.4, 0.5) is 0 Å². The molecule has 0 saturated heterocycles. The summed E-state index contributed by atoms with van der Waals surface area (Å²) in [5.74, 6) is 2.63. The van der Waals surface area contributed by atoms with Crippen LogP contribution in [0.15, 0.2) is 60.7 Å². The lowest BCUT2D eigenvalue weighted by atomic mass is 9.91. The Kier molecular flexibility index (Phi) is 6.94. The highest BCUT2D eigenvalue weighted by molar-refractivity contribution is 6.30. The van der Waals surface area contributed by atoms with Gasteiger partial charge < -0.3 is 23.8 Å². The monoisotopic (exact) mass is 467 g/mol. The van der Waals surface area contributed by atoms with Gasteiger partial charge in [0, 0.05) is 17.1 Å². The summed E-state index contributed by atoms with van der Waals surface area (Å²) in [6, 6.07) is 18.0. The maximum atomic E-state index is 13.5. The van der Waals surface area contributed by atoms with E-state index in [1.54, 1.807) is 45.6 Å². The molecule has 1 amide bonds. The normalized spacial score (nSPS) is 14.9. The zero-order valence-electron chi connectivity index (χ0n) is 18.8. The van der Waals surface area contributed by atoms with Gasteiger partial charge in [0.15, 0.2) is 11.5 Å². The minimum atomic E-state index is -0.317.